The SMILES string of the molecule is O=C(O)c1ccc2cc(-c3ccc(CC(O)CO)c(C45CC6CC(CC(C6)C4)C5)c3)ccc2c1. The Hall–Kier alpha value is -2.69. The summed E-state index contributed by atoms with van der Waals surface area (Å²) in [5, 5.41) is 31.1. The first-order chi connectivity index (χ1) is 16.4. The van der Waals surface area contributed by atoms with Gasteiger partial charge < -0.3 is 15.3 Å². The lowest BCUT2D eigenvalue weighted by Gasteiger charge is -2.57. The minimum absolute atomic E-state index is 0.197. The first kappa shape index (κ1) is 21.8. The quantitative estimate of drug-likeness (QED) is 0.453. The van der Waals surface area contributed by atoms with Gasteiger partial charge in [0.05, 0.1) is 18.3 Å². The van der Waals surface area contributed by atoms with Crippen LogP contribution < -0.4 is 0 Å². The topological polar surface area (TPSA) is 77.8 Å². The van der Waals surface area contributed by atoms with Crippen molar-refractivity contribution in [3.05, 3.63) is 71.3 Å². The Morgan fingerprint density at radius 3 is 2.09 bits per heavy atom. The van der Waals surface area contributed by atoms with Gasteiger partial charge in [-0.15, -0.1) is 0 Å². The van der Waals surface area contributed by atoms with Crippen molar-refractivity contribution < 1.29 is 20.1 Å². The molecule has 1 unspecified atom stereocenters. The van der Waals surface area contributed by atoms with Crippen molar-refractivity contribution in [3.63, 3.8) is 0 Å². The highest BCUT2D eigenvalue weighted by Gasteiger charge is 2.52. The Morgan fingerprint density at radius 2 is 1.44 bits per heavy atom. The average Bonchev–Trinajstić information content (AvgIpc) is 2.82. The van der Waals surface area contributed by atoms with Crippen LogP contribution in [-0.2, 0) is 11.8 Å². The molecule has 4 bridgehead atoms. The van der Waals surface area contributed by atoms with Gasteiger partial charge in [0.25, 0.3) is 0 Å². The zero-order chi connectivity index (χ0) is 23.4. The maximum atomic E-state index is 11.3. The second kappa shape index (κ2) is 8.21. The van der Waals surface area contributed by atoms with Crippen LogP contribution in [0.5, 0.6) is 0 Å². The zero-order valence-corrected chi connectivity index (χ0v) is 19.4. The molecule has 0 aromatic heterocycles. The summed E-state index contributed by atoms with van der Waals surface area (Å²) < 4.78 is 0. The van der Waals surface area contributed by atoms with Crippen LogP contribution in [0, 0.1) is 17.8 Å². The number of fused-ring (bicyclic) bond motifs is 1. The number of carbonyl (C=O) groups is 1. The molecule has 34 heavy (non-hydrogen) atoms. The molecular weight excluding hydrogens is 424 g/mol. The fourth-order valence-electron chi connectivity index (χ4n) is 7.74. The Morgan fingerprint density at radius 1 is 0.853 bits per heavy atom. The third-order valence-corrected chi connectivity index (χ3v) is 8.81. The summed E-state index contributed by atoms with van der Waals surface area (Å²) in [7, 11) is 0. The number of aliphatic hydroxyl groups excluding tert-OH is 2. The summed E-state index contributed by atoms with van der Waals surface area (Å²) in [6, 6.07) is 18.2. The minimum atomic E-state index is -0.910. The number of aliphatic hydroxyl groups is 2. The van der Waals surface area contributed by atoms with E-state index in [0.717, 1.165) is 39.7 Å². The van der Waals surface area contributed by atoms with E-state index in [-0.39, 0.29) is 12.0 Å². The molecule has 4 nitrogen and oxygen atoms in total. The highest BCUT2D eigenvalue weighted by atomic mass is 16.4. The number of benzene rings is 3. The standard InChI is InChI=1S/C30H32O4/c31-17-27(32)12-25-5-3-24(22-1-2-23-11-26(29(33)34)6-4-21(23)10-22)13-28(25)30-14-18-7-19(15-30)9-20(8-18)16-30/h1-6,10-11,13,18-20,27,31-32H,7-9,12,14-17H2,(H,33,34). The van der Waals surface area contributed by atoms with E-state index in [2.05, 4.69) is 30.3 Å². The third-order valence-electron chi connectivity index (χ3n) is 8.81. The van der Waals surface area contributed by atoms with Crippen LogP contribution in [0.4, 0.5) is 0 Å². The van der Waals surface area contributed by atoms with Crippen LogP contribution in [0.3, 0.4) is 0 Å². The van der Waals surface area contributed by atoms with Crippen LogP contribution in [0.1, 0.15) is 60.0 Å². The summed E-state index contributed by atoms with van der Waals surface area (Å²) in [5.41, 5.74) is 5.35. The lowest BCUT2D eigenvalue weighted by Crippen LogP contribution is -2.49. The Labute approximate surface area is 200 Å². The van der Waals surface area contributed by atoms with E-state index < -0.39 is 12.1 Å². The van der Waals surface area contributed by atoms with Gasteiger partial charge in [-0.2, -0.15) is 0 Å². The van der Waals surface area contributed by atoms with Gasteiger partial charge in [-0.3, -0.25) is 0 Å². The molecule has 1 atom stereocenters. The molecule has 0 amide bonds. The molecule has 3 N–H and O–H groups in total. The molecule has 7 rings (SSSR count). The zero-order valence-electron chi connectivity index (χ0n) is 19.4. The molecule has 4 saturated carbocycles. The van der Waals surface area contributed by atoms with E-state index in [1.54, 1.807) is 12.1 Å². The predicted molar refractivity (Wildman–Crippen MR) is 133 cm³/mol. The Balaban J connectivity index is 1.43. The van der Waals surface area contributed by atoms with Crippen LogP contribution in [0.15, 0.2) is 54.6 Å². The smallest absolute Gasteiger partial charge is 0.335 e. The molecule has 4 heteroatoms. The third kappa shape index (κ3) is 3.73. The van der Waals surface area contributed by atoms with Crippen molar-refractivity contribution in [1.82, 2.24) is 0 Å². The van der Waals surface area contributed by atoms with Gasteiger partial charge in [-0.25, -0.2) is 4.79 Å². The van der Waals surface area contributed by atoms with Crippen LogP contribution in [0.2, 0.25) is 0 Å². The van der Waals surface area contributed by atoms with Crippen molar-refractivity contribution in [2.45, 2.75) is 56.5 Å². The van der Waals surface area contributed by atoms with Crippen LogP contribution >= 0.6 is 0 Å². The first-order valence-corrected chi connectivity index (χ1v) is 12.6. The summed E-state index contributed by atoms with van der Waals surface area (Å²) in [5.74, 6) is 1.57. The van der Waals surface area contributed by atoms with Crippen molar-refractivity contribution in [1.29, 1.82) is 0 Å². The van der Waals surface area contributed by atoms with Gasteiger partial charge in [-0.1, -0.05) is 36.4 Å². The second-order valence-electron chi connectivity index (χ2n) is 11.2. The molecule has 0 spiro atoms. The number of aromatic carboxylic acids is 1. The molecule has 0 heterocycles. The maximum Gasteiger partial charge on any atom is 0.335 e. The normalized spacial score (nSPS) is 28.4. The fourth-order valence-corrected chi connectivity index (χ4v) is 7.74. The molecule has 3 aromatic carbocycles. The first-order valence-electron chi connectivity index (χ1n) is 12.6. The molecule has 3 aromatic rings. The van der Waals surface area contributed by atoms with Gasteiger partial charge in [0.2, 0.25) is 0 Å². The highest BCUT2D eigenvalue weighted by molar-refractivity contribution is 5.95. The molecule has 4 fully saturated rings. The number of hydrogen-bond donors (Lipinski definition) is 3. The van der Waals surface area contributed by atoms with E-state index in [9.17, 15) is 20.1 Å². The van der Waals surface area contributed by atoms with Gasteiger partial charge in [0, 0.05) is 6.42 Å². The molecule has 4 aliphatic carbocycles. The van der Waals surface area contributed by atoms with Gasteiger partial charge in [0.15, 0.2) is 0 Å². The van der Waals surface area contributed by atoms with Gasteiger partial charge in [0.1, 0.15) is 0 Å². The lowest BCUT2D eigenvalue weighted by molar-refractivity contribution is -0.00589. The lowest BCUT2D eigenvalue weighted by atomic mass is 9.47. The number of rotatable bonds is 6. The summed E-state index contributed by atoms with van der Waals surface area (Å²) in [6.45, 7) is -0.217. The van der Waals surface area contributed by atoms with Crippen molar-refractivity contribution in [2.75, 3.05) is 6.61 Å². The van der Waals surface area contributed by atoms with Gasteiger partial charge >= 0.3 is 5.97 Å². The van der Waals surface area contributed by atoms with E-state index in [1.807, 2.05) is 12.1 Å². The fraction of sp³-hybridized carbons (Fsp3) is 0.433. The minimum Gasteiger partial charge on any atom is -0.478 e. The van der Waals surface area contributed by atoms with Gasteiger partial charge in [-0.05, 0) is 113 Å². The molecule has 0 aliphatic heterocycles. The van der Waals surface area contributed by atoms with Crippen LogP contribution in [0.25, 0.3) is 21.9 Å². The maximum absolute atomic E-state index is 11.3. The van der Waals surface area contributed by atoms with Crippen LogP contribution in [-0.4, -0.2) is 34.0 Å². The van der Waals surface area contributed by atoms with Crippen molar-refractivity contribution >= 4 is 16.7 Å². The van der Waals surface area contributed by atoms with E-state index in [1.165, 1.54) is 49.7 Å². The average molecular weight is 457 g/mol. The second-order valence-corrected chi connectivity index (χ2v) is 11.2. The van der Waals surface area contributed by atoms with E-state index in [4.69, 9.17) is 0 Å². The van der Waals surface area contributed by atoms with Crippen molar-refractivity contribution in [3.8, 4) is 11.1 Å². The molecule has 176 valence electrons. The highest BCUT2D eigenvalue weighted by Crippen LogP contribution is 2.61. The largest absolute Gasteiger partial charge is 0.478 e. The summed E-state index contributed by atoms with van der Waals surface area (Å²) in [6.07, 6.45) is 7.66. The molecular formula is C30H32O4. The molecule has 0 radical (unpaired) electrons. The monoisotopic (exact) mass is 456 g/mol. The number of hydrogen-bond acceptors (Lipinski definition) is 3. The van der Waals surface area contributed by atoms with E-state index >= 15 is 0 Å². The predicted octanol–water partition coefficient (Wildman–Crippen LogP) is 5.57. The molecule has 0 saturated heterocycles. The Kier molecular flexibility index (Phi) is 5.27. The number of carboxylic acid groups (broad SMARTS) is 1. The summed E-state index contributed by atoms with van der Waals surface area (Å²) >= 11 is 0. The Bertz CT molecular complexity index is 1220. The summed E-state index contributed by atoms with van der Waals surface area (Å²) in [4.78, 5) is 11.3. The molecule has 4 aliphatic rings. The van der Waals surface area contributed by atoms with E-state index in [0.29, 0.717) is 12.0 Å². The number of carboxylic acids is 1. The van der Waals surface area contributed by atoms with Crippen molar-refractivity contribution in [2.24, 2.45) is 17.8 Å².